The Labute approximate surface area is 140 Å². The maximum absolute atomic E-state index is 13.5. The van der Waals surface area contributed by atoms with Crippen molar-refractivity contribution in [2.45, 2.75) is 24.8 Å². The molecule has 1 heterocycles. The summed E-state index contributed by atoms with van der Waals surface area (Å²) < 4.78 is 90.3. The Morgan fingerprint density at radius 3 is 2.08 bits per heavy atom. The second-order valence-corrected chi connectivity index (χ2v) is 5.39. The van der Waals surface area contributed by atoms with Crippen LogP contribution in [0, 0.1) is 5.82 Å². The van der Waals surface area contributed by atoms with Crippen LogP contribution in [0.5, 0.6) is 0 Å². The van der Waals surface area contributed by atoms with E-state index in [-0.39, 0.29) is 37.1 Å². The second-order valence-electron chi connectivity index (χ2n) is 5.39. The minimum absolute atomic E-state index is 0. The van der Waals surface area contributed by atoms with Crippen LogP contribution in [0.4, 0.5) is 30.7 Å². The summed E-state index contributed by atoms with van der Waals surface area (Å²) in [6.45, 7) is 1.35. The third-order valence-corrected chi connectivity index (χ3v) is 3.65. The van der Waals surface area contributed by atoms with Gasteiger partial charge in [0.25, 0.3) is 0 Å². The molecule has 0 unspecified atom stereocenters. The number of hydrogen-bond acceptors (Lipinski definition) is 2. The van der Waals surface area contributed by atoms with Gasteiger partial charge in [-0.1, -0.05) is 0 Å². The van der Waals surface area contributed by atoms with Crippen LogP contribution in [0.25, 0.3) is 0 Å². The van der Waals surface area contributed by atoms with E-state index in [9.17, 15) is 30.7 Å². The highest BCUT2D eigenvalue weighted by atomic mass is 35.5. The second kappa shape index (κ2) is 7.88. The summed E-state index contributed by atoms with van der Waals surface area (Å²) in [6.07, 6.45) is -10.7. The van der Waals surface area contributed by atoms with E-state index in [1.54, 1.807) is 0 Å². The number of nitrogens with zero attached hydrogens (tertiary/aromatic N) is 1. The molecule has 0 amide bonds. The van der Waals surface area contributed by atoms with Gasteiger partial charge >= 0.3 is 12.4 Å². The van der Waals surface area contributed by atoms with E-state index in [1.165, 1.54) is 4.90 Å². The number of benzene rings is 1. The zero-order valence-electron chi connectivity index (χ0n) is 12.3. The summed E-state index contributed by atoms with van der Waals surface area (Å²) in [5, 5.41) is 2.95. The van der Waals surface area contributed by atoms with E-state index in [0.29, 0.717) is 19.2 Å². The summed E-state index contributed by atoms with van der Waals surface area (Å²) in [7, 11) is 0. The standard InChI is InChI=1S/C14H15F7N2.ClH/c15-11-6-9(5-10(7-11)14(19,20)21)12(8-13(16,17)18)23-3-1-22-2-4-23;/h5-7,12,22H,1-4,8H2;1H/t12-;/m0./s1. The van der Waals surface area contributed by atoms with Gasteiger partial charge in [-0.3, -0.25) is 4.90 Å². The predicted octanol–water partition coefficient (Wildman–Crippen LogP) is 4.17. The Hall–Kier alpha value is -1.06. The van der Waals surface area contributed by atoms with Crippen LogP contribution in [0.3, 0.4) is 0 Å². The first-order valence-electron chi connectivity index (χ1n) is 6.95. The number of alkyl halides is 6. The highest BCUT2D eigenvalue weighted by Crippen LogP contribution is 2.37. The molecule has 1 saturated heterocycles. The van der Waals surface area contributed by atoms with Gasteiger partial charge in [-0.25, -0.2) is 4.39 Å². The maximum atomic E-state index is 13.5. The van der Waals surface area contributed by atoms with Gasteiger partial charge in [0.15, 0.2) is 0 Å². The largest absolute Gasteiger partial charge is 0.416 e. The number of rotatable bonds is 3. The predicted molar refractivity (Wildman–Crippen MR) is 76.5 cm³/mol. The molecule has 10 heteroatoms. The van der Waals surface area contributed by atoms with E-state index in [0.717, 1.165) is 6.07 Å². The molecule has 0 aliphatic carbocycles. The summed E-state index contributed by atoms with van der Waals surface area (Å²) in [6, 6.07) is 0.287. The lowest BCUT2D eigenvalue weighted by molar-refractivity contribution is -0.148. The van der Waals surface area contributed by atoms with Crippen molar-refractivity contribution in [3.63, 3.8) is 0 Å². The lowest BCUT2D eigenvalue weighted by atomic mass is 9.98. The zero-order valence-corrected chi connectivity index (χ0v) is 13.2. The van der Waals surface area contributed by atoms with E-state index in [4.69, 9.17) is 0 Å². The van der Waals surface area contributed by atoms with Crippen molar-refractivity contribution in [1.82, 2.24) is 10.2 Å². The van der Waals surface area contributed by atoms with E-state index in [2.05, 4.69) is 5.32 Å². The maximum Gasteiger partial charge on any atom is 0.416 e. The Balaban J connectivity index is 0.00000288. The summed E-state index contributed by atoms with van der Waals surface area (Å²) in [5.74, 6) is -1.20. The topological polar surface area (TPSA) is 15.3 Å². The molecule has 1 N–H and O–H groups in total. The molecule has 1 atom stereocenters. The van der Waals surface area contributed by atoms with Gasteiger partial charge in [0.05, 0.1) is 12.0 Å². The molecule has 1 fully saturated rings. The Morgan fingerprint density at radius 2 is 1.58 bits per heavy atom. The van der Waals surface area contributed by atoms with Crippen LogP contribution in [-0.2, 0) is 6.18 Å². The Kier molecular flexibility index (Phi) is 6.89. The van der Waals surface area contributed by atoms with Crippen molar-refractivity contribution in [2.24, 2.45) is 0 Å². The average molecular weight is 381 g/mol. The van der Waals surface area contributed by atoms with E-state index < -0.39 is 36.2 Å². The third-order valence-electron chi connectivity index (χ3n) is 3.65. The first-order chi connectivity index (χ1) is 10.6. The molecule has 0 radical (unpaired) electrons. The SMILES string of the molecule is Cl.Fc1cc([C@H](CC(F)(F)F)N2CCNCC2)cc(C(F)(F)F)c1. The third kappa shape index (κ3) is 5.78. The summed E-state index contributed by atoms with van der Waals surface area (Å²) >= 11 is 0. The average Bonchev–Trinajstić information content (AvgIpc) is 2.43. The molecule has 1 aliphatic rings. The minimum Gasteiger partial charge on any atom is -0.314 e. The number of hydrogen-bond donors (Lipinski definition) is 1. The number of piperazine rings is 1. The van der Waals surface area contributed by atoms with Gasteiger partial charge in [-0.05, 0) is 23.8 Å². The first kappa shape index (κ1) is 21.0. The molecular weight excluding hydrogens is 365 g/mol. The van der Waals surface area contributed by atoms with E-state index >= 15 is 0 Å². The molecule has 1 aromatic carbocycles. The smallest absolute Gasteiger partial charge is 0.314 e. The summed E-state index contributed by atoms with van der Waals surface area (Å²) in [4.78, 5) is 1.43. The lowest BCUT2D eigenvalue weighted by Crippen LogP contribution is -2.46. The molecule has 0 aromatic heterocycles. The molecule has 0 saturated carbocycles. The van der Waals surface area contributed by atoms with Gasteiger partial charge in [0.2, 0.25) is 0 Å². The number of halogens is 8. The molecule has 1 aliphatic heterocycles. The van der Waals surface area contributed by atoms with Crippen molar-refractivity contribution in [1.29, 1.82) is 0 Å². The van der Waals surface area contributed by atoms with Crippen LogP contribution < -0.4 is 5.32 Å². The van der Waals surface area contributed by atoms with Gasteiger partial charge in [-0.2, -0.15) is 26.3 Å². The van der Waals surface area contributed by atoms with Crippen LogP contribution in [-0.4, -0.2) is 37.3 Å². The molecule has 0 spiro atoms. The summed E-state index contributed by atoms with van der Waals surface area (Å²) in [5.41, 5.74) is -1.59. The van der Waals surface area contributed by atoms with Crippen molar-refractivity contribution in [2.75, 3.05) is 26.2 Å². The highest BCUT2D eigenvalue weighted by molar-refractivity contribution is 5.85. The Bertz CT molecular complexity index is 539. The monoisotopic (exact) mass is 380 g/mol. The van der Waals surface area contributed by atoms with Crippen molar-refractivity contribution >= 4 is 12.4 Å². The molecule has 24 heavy (non-hydrogen) atoms. The number of nitrogens with one attached hydrogen (secondary N) is 1. The molecular formula is C14H16ClF7N2. The van der Waals surface area contributed by atoms with Crippen LogP contribution in [0.2, 0.25) is 0 Å². The van der Waals surface area contributed by atoms with Gasteiger partial charge in [0, 0.05) is 32.2 Å². The fourth-order valence-electron chi connectivity index (χ4n) is 2.64. The van der Waals surface area contributed by atoms with Crippen LogP contribution in [0.15, 0.2) is 18.2 Å². The highest BCUT2D eigenvalue weighted by Gasteiger charge is 2.38. The van der Waals surface area contributed by atoms with Gasteiger partial charge in [-0.15, -0.1) is 12.4 Å². The van der Waals surface area contributed by atoms with E-state index in [1.807, 2.05) is 0 Å². The first-order valence-corrected chi connectivity index (χ1v) is 6.95. The van der Waals surface area contributed by atoms with Crippen molar-refractivity contribution in [3.8, 4) is 0 Å². The fourth-order valence-corrected chi connectivity index (χ4v) is 2.64. The molecule has 138 valence electrons. The molecule has 0 bridgehead atoms. The fraction of sp³-hybridized carbons (Fsp3) is 0.571. The van der Waals surface area contributed by atoms with Crippen molar-refractivity contribution < 1.29 is 30.7 Å². The Morgan fingerprint density at radius 1 is 1.00 bits per heavy atom. The van der Waals surface area contributed by atoms with Gasteiger partial charge in [0.1, 0.15) is 5.82 Å². The van der Waals surface area contributed by atoms with Crippen LogP contribution >= 0.6 is 12.4 Å². The molecule has 1 aromatic rings. The minimum atomic E-state index is -4.82. The normalized spacial score (nSPS) is 18.1. The van der Waals surface area contributed by atoms with Crippen LogP contribution in [0.1, 0.15) is 23.6 Å². The molecule has 2 nitrogen and oxygen atoms in total. The lowest BCUT2D eigenvalue weighted by Gasteiger charge is -2.36. The van der Waals surface area contributed by atoms with Gasteiger partial charge < -0.3 is 5.32 Å². The molecule has 2 rings (SSSR count). The zero-order chi connectivity index (χ0) is 17.3. The van der Waals surface area contributed by atoms with Crippen molar-refractivity contribution in [3.05, 3.63) is 35.1 Å². The quantitative estimate of drug-likeness (QED) is 0.792.